The predicted octanol–water partition coefficient (Wildman–Crippen LogP) is 4.17. The van der Waals surface area contributed by atoms with Gasteiger partial charge in [0.05, 0.1) is 23.6 Å². The average Bonchev–Trinajstić information content (AvgIpc) is 3.23. The first-order chi connectivity index (χ1) is 10.8. The Morgan fingerprint density at radius 3 is 2.77 bits per heavy atom. The molecule has 0 aliphatic rings. The molecule has 0 radical (unpaired) electrons. The van der Waals surface area contributed by atoms with E-state index >= 15 is 0 Å². The second-order valence-corrected chi connectivity index (χ2v) is 5.30. The van der Waals surface area contributed by atoms with Gasteiger partial charge >= 0.3 is 0 Å². The van der Waals surface area contributed by atoms with Crippen molar-refractivity contribution in [3.05, 3.63) is 70.9 Å². The summed E-state index contributed by atoms with van der Waals surface area (Å²) >= 11 is 1.46. The summed E-state index contributed by atoms with van der Waals surface area (Å²) in [5.74, 6) is 0.583. The van der Waals surface area contributed by atoms with E-state index in [2.05, 4.69) is 4.98 Å². The van der Waals surface area contributed by atoms with Gasteiger partial charge < -0.3 is 4.42 Å². The Morgan fingerprint density at radius 1 is 1.27 bits per heavy atom. The van der Waals surface area contributed by atoms with Crippen molar-refractivity contribution in [3.63, 3.8) is 0 Å². The highest BCUT2D eigenvalue weighted by atomic mass is 32.1. The largest absolute Gasteiger partial charge is 0.462 e. The Morgan fingerprint density at radius 2 is 2.09 bits per heavy atom. The number of carbonyl (C=O) groups excluding carboxylic acids is 1. The highest BCUT2D eigenvalue weighted by Gasteiger charge is 2.06. The molecule has 3 aromatic rings. The summed E-state index contributed by atoms with van der Waals surface area (Å²) in [6, 6.07) is 12.2. The topological polar surface area (TPSA) is 66.9 Å². The van der Waals surface area contributed by atoms with E-state index in [1.54, 1.807) is 42.7 Å². The maximum atomic E-state index is 12.0. The Hall–Kier alpha value is -2.97. The number of benzene rings is 1. The van der Waals surface area contributed by atoms with Crippen LogP contribution in [-0.4, -0.2) is 10.8 Å². The molecule has 3 rings (SSSR count). The highest BCUT2D eigenvalue weighted by molar-refractivity contribution is 7.13. The van der Waals surface area contributed by atoms with Crippen LogP contribution in [0.4, 0.5) is 0 Å². The fourth-order valence-electron chi connectivity index (χ4n) is 1.84. The molecular formula is C17H10N2O2S. The van der Waals surface area contributed by atoms with Crippen LogP contribution in [0.25, 0.3) is 16.8 Å². The second-order valence-electron chi connectivity index (χ2n) is 4.44. The average molecular weight is 306 g/mol. The van der Waals surface area contributed by atoms with Gasteiger partial charge in [-0.05, 0) is 48.6 Å². The van der Waals surface area contributed by atoms with E-state index in [0.717, 1.165) is 5.01 Å². The van der Waals surface area contributed by atoms with Gasteiger partial charge in [-0.1, -0.05) is 0 Å². The van der Waals surface area contributed by atoms with Gasteiger partial charge in [-0.2, -0.15) is 5.26 Å². The van der Waals surface area contributed by atoms with Crippen molar-refractivity contribution in [2.75, 3.05) is 0 Å². The van der Waals surface area contributed by atoms with Gasteiger partial charge in [0.1, 0.15) is 0 Å². The van der Waals surface area contributed by atoms with Crippen molar-refractivity contribution in [1.82, 2.24) is 4.98 Å². The zero-order valence-electron chi connectivity index (χ0n) is 11.4. The molecule has 106 valence electrons. The van der Waals surface area contributed by atoms with Crippen molar-refractivity contribution < 1.29 is 9.21 Å². The molecule has 0 atom stereocenters. The van der Waals surface area contributed by atoms with Crippen LogP contribution >= 0.6 is 11.3 Å². The zero-order chi connectivity index (χ0) is 15.4. The minimum atomic E-state index is -0.128. The molecule has 0 saturated heterocycles. The van der Waals surface area contributed by atoms with Crippen molar-refractivity contribution in [3.8, 4) is 16.8 Å². The van der Waals surface area contributed by atoms with Crippen LogP contribution in [0.3, 0.4) is 0 Å². The number of nitrogens with zero attached hydrogens (tertiary/aromatic N) is 2. The van der Waals surface area contributed by atoms with Crippen LogP contribution in [0.5, 0.6) is 0 Å². The van der Waals surface area contributed by atoms with E-state index in [4.69, 9.17) is 9.68 Å². The molecule has 0 aliphatic heterocycles. The zero-order valence-corrected chi connectivity index (χ0v) is 12.2. The molecule has 5 heteroatoms. The standard InChI is InChI=1S/C17H10N2O2S/c18-10-12-3-5-13(6-4-12)15(20)8-7-14-11-22-17(19-14)16-2-1-9-21-16/h1-9,11H/b8-7+. The van der Waals surface area contributed by atoms with Gasteiger partial charge in [-0.15, -0.1) is 11.3 Å². The summed E-state index contributed by atoms with van der Waals surface area (Å²) in [6.45, 7) is 0. The van der Waals surface area contributed by atoms with E-state index in [1.807, 2.05) is 17.5 Å². The number of aromatic nitrogens is 1. The minimum Gasteiger partial charge on any atom is -0.462 e. The fourth-order valence-corrected chi connectivity index (χ4v) is 2.60. The van der Waals surface area contributed by atoms with E-state index in [0.29, 0.717) is 22.6 Å². The molecule has 4 nitrogen and oxygen atoms in total. The van der Waals surface area contributed by atoms with Gasteiger partial charge in [0.15, 0.2) is 16.6 Å². The van der Waals surface area contributed by atoms with E-state index in [9.17, 15) is 4.79 Å². The smallest absolute Gasteiger partial charge is 0.185 e. The molecule has 2 heterocycles. The second kappa shape index (κ2) is 6.20. The lowest BCUT2D eigenvalue weighted by atomic mass is 10.1. The summed E-state index contributed by atoms with van der Waals surface area (Å²) < 4.78 is 5.28. The van der Waals surface area contributed by atoms with Crippen LogP contribution in [0, 0.1) is 11.3 Å². The first kappa shape index (κ1) is 14.0. The lowest BCUT2D eigenvalue weighted by Gasteiger charge is -1.95. The highest BCUT2D eigenvalue weighted by Crippen LogP contribution is 2.24. The van der Waals surface area contributed by atoms with Gasteiger partial charge in [-0.3, -0.25) is 4.79 Å². The molecule has 0 N–H and O–H groups in total. The summed E-state index contributed by atoms with van der Waals surface area (Å²) in [4.78, 5) is 16.4. The third-order valence-corrected chi connectivity index (χ3v) is 3.83. The number of ketones is 1. The maximum absolute atomic E-state index is 12.0. The SMILES string of the molecule is N#Cc1ccc(C(=O)/C=C/c2csc(-c3ccco3)n2)cc1. The van der Waals surface area contributed by atoms with Gasteiger partial charge in [-0.25, -0.2) is 4.98 Å². The Labute approximate surface area is 131 Å². The number of hydrogen-bond donors (Lipinski definition) is 0. The Kier molecular flexibility index (Phi) is 3.95. The molecule has 2 aromatic heterocycles. The summed E-state index contributed by atoms with van der Waals surface area (Å²) in [5.41, 5.74) is 1.78. The molecule has 0 bridgehead atoms. The normalized spacial score (nSPS) is 10.7. The number of allylic oxidation sites excluding steroid dienone is 1. The monoisotopic (exact) mass is 306 g/mol. The first-order valence-electron chi connectivity index (χ1n) is 6.48. The molecule has 0 aliphatic carbocycles. The number of carbonyl (C=O) groups is 1. The summed E-state index contributed by atoms with van der Waals surface area (Å²) in [5, 5.41) is 11.4. The van der Waals surface area contributed by atoms with Crippen molar-refractivity contribution in [1.29, 1.82) is 5.26 Å². The number of nitriles is 1. The number of thiazole rings is 1. The number of hydrogen-bond acceptors (Lipinski definition) is 5. The van der Waals surface area contributed by atoms with Crippen LogP contribution in [0.1, 0.15) is 21.6 Å². The quantitative estimate of drug-likeness (QED) is 0.536. The molecule has 0 fully saturated rings. The van der Waals surface area contributed by atoms with Crippen molar-refractivity contribution in [2.45, 2.75) is 0 Å². The molecule has 0 spiro atoms. The molecule has 22 heavy (non-hydrogen) atoms. The Balaban J connectivity index is 1.73. The first-order valence-corrected chi connectivity index (χ1v) is 7.36. The number of rotatable bonds is 4. The lowest BCUT2D eigenvalue weighted by Crippen LogP contribution is -1.93. The Bertz CT molecular complexity index is 853. The molecule has 0 unspecified atom stereocenters. The van der Waals surface area contributed by atoms with Crippen LogP contribution in [-0.2, 0) is 0 Å². The third-order valence-electron chi connectivity index (χ3n) is 2.96. The van der Waals surface area contributed by atoms with Crippen LogP contribution < -0.4 is 0 Å². The summed E-state index contributed by atoms with van der Waals surface area (Å²) in [6.07, 6.45) is 4.74. The van der Waals surface area contributed by atoms with Crippen LogP contribution in [0.2, 0.25) is 0 Å². The molecule has 0 amide bonds. The minimum absolute atomic E-state index is 0.128. The lowest BCUT2D eigenvalue weighted by molar-refractivity contribution is 0.104. The van der Waals surface area contributed by atoms with E-state index in [1.165, 1.54) is 17.4 Å². The van der Waals surface area contributed by atoms with Gasteiger partial charge in [0, 0.05) is 10.9 Å². The van der Waals surface area contributed by atoms with Gasteiger partial charge in [0.2, 0.25) is 0 Å². The fraction of sp³-hybridized carbons (Fsp3) is 0. The van der Waals surface area contributed by atoms with E-state index < -0.39 is 0 Å². The molecule has 1 aromatic carbocycles. The van der Waals surface area contributed by atoms with Crippen molar-refractivity contribution >= 4 is 23.2 Å². The van der Waals surface area contributed by atoms with E-state index in [-0.39, 0.29) is 5.78 Å². The third kappa shape index (κ3) is 3.03. The number of furan rings is 1. The van der Waals surface area contributed by atoms with Crippen LogP contribution in [0.15, 0.2) is 58.5 Å². The maximum Gasteiger partial charge on any atom is 0.185 e. The molecular weight excluding hydrogens is 296 g/mol. The van der Waals surface area contributed by atoms with Gasteiger partial charge in [0.25, 0.3) is 0 Å². The summed E-state index contributed by atoms with van der Waals surface area (Å²) in [7, 11) is 0. The molecule has 0 saturated carbocycles. The van der Waals surface area contributed by atoms with Crippen molar-refractivity contribution in [2.24, 2.45) is 0 Å². The predicted molar refractivity (Wildman–Crippen MR) is 84.3 cm³/mol.